The van der Waals surface area contributed by atoms with Crippen molar-refractivity contribution < 1.29 is 22.7 Å². The number of carbonyl (C=O) groups excluding carboxylic acids is 2. The highest BCUT2D eigenvalue weighted by atomic mass is 32.2. The standard InChI is InChI=1S/C23H29N3O5S/c1-24-22(27)15-17-9-5-6-10-20(17)25-23(28)19-16-18(11-12-21(19)31-2)32(29,30)26-13-7-3-4-8-14-26/h5-6,9-12,16H,3-4,7-8,13-15H2,1-2H3,(H,24,27)(H,25,28). The van der Waals surface area contributed by atoms with E-state index in [1.54, 1.807) is 31.3 Å². The molecule has 2 N–H and O–H groups in total. The molecule has 3 rings (SSSR count). The van der Waals surface area contributed by atoms with E-state index in [1.807, 2.05) is 0 Å². The molecule has 1 saturated heterocycles. The molecule has 1 heterocycles. The van der Waals surface area contributed by atoms with E-state index < -0.39 is 15.9 Å². The molecular formula is C23H29N3O5S. The number of methoxy groups -OCH3 is 1. The maximum atomic E-state index is 13.2. The molecule has 9 heteroatoms. The number of hydrogen-bond acceptors (Lipinski definition) is 5. The molecule has 0 saturated carbocycles. The average Bonchev–Trinajstić information content (AvgIpc) is 3.10. The number of nitrogens with zero attached hydrogens (tertiary/aromatic N) is 1. The molecule has 0 spiro atoms. The van der Waals surface area contributed by atoms with Gasteiger partial charge in [-0.25, -0.2) is 8.42 Å². The van der Waals surface area contributed by atoms with E-state index in [-0.39, 0.29) is 28.5 Å². The van der Waals surface area contributed by atoms with Crippen LogP contribution in [0.25, 0.3) is 0 Å². The summed E-state index contributed by atoms with van der Waals surface area (Å²) in [4.78, 5) is 25.0. The number of carbonyl (C=O) groups is 2. The van der Waals surface area contributed by atoms with Gasteiger partial charge in [-0.1, -0.05) is 31.0 Å². The zero-order valence-electron chi connectivity index (χ0n) is 18.4. The van der Waals surface area contributed by atoms with Crippen molar-refractivity contribution in [2.24, 2.45) is 0 Å². The second kappa shape index (κ2) is 10.6. The maximum Gasteiger partial charge on any atom is 0.259 e. The molecule has 0 aromatic heterocycles. The van der Waals surface area contributed by atoms with Crippen LogP contribution < -0.4 is 15.4 Å². The van der Waals surface area contributed by atoms with Gasteiger partial charge in [0.1, 0.15) is 5.75 Å². The molecule has 32 heavy (non-hydrogen) atoms. The number of amides is 2. The molecule has 0 bridgehead atoms. The second-order valence-electron chi connectivity index (χ2n) is 7.64. The van der Waals surface area contributed by atoms with Crippen molar-refractivity contribution in [1.29, 1.82) is 0 Å². The van der Waals surface area contributed by atoms with E-state index in [9.17, 15) is 18.0 Å². The molecule has 0 aliphatic carbocycles. The third-order valence-corrected chi connectivity index (χ3v) is 7.41. The van der Waals surface area contributed by atoms with Crippen LogP contribution >= 0.6 is 0 Å². The predicted octanol–water partition coefficient (Wildman–Crippen LogP) is 2.80. The summed E-state index contributed by atoms with van der Waals surface area (Å²) in [5.41, 5.74) is 1.23. The Kier molecular flexibility index (Phi) is 7.87. The fourth-order valence-corrected chi connectivity index (χ4v) is 5.25. The quantitative estimate of drug-likeness (QED) is 0.663. The number of hydrogen-bond donors (Lipinski definition) is 2. The van der Waals surface area contributed by atoms with Crippen molar-refractivity contribution in [2.45, 2.75) is 37.0 Å². The summed E-state index contributed by atoms with van der Waals surface area (Å²) in [6.45, 7) is 0.950. The van der Waals surface area contributed by atoms with Gasteiger partial charge in [0.25, 0.3) is 5.91 Å². The van der Waals surface area contributed by atoms with Gasteiger partial charge in [-0.2, -0.15) is 4.31 Å². The highest BCUT2D eigenvalue weighted by Crippen LogP contribution is 2.27. The smallest absolute Gasteiger partial charge is 0.259 e. The Labute approximate surface area is 189 Å². The van der Waals surface area contributed by atoms with Gasteiger partial charge in [0.2, 0.25) is 15.9 Å². The van der Waals surface area contributed by atoms with Gasteiger partial charge in [-0.15, -0.1) is 0 Å². The van der Waals surface area contributed by atoms with Crippen molar-refractivity contribution in [3.8, 4) is 5.75 Å². The molecule has 0 radical (unpaired) electrons. The van der Waals surface area contributed by atoms with Crippen LogP contribution in [0.15, 0.2) is 47.4 Å². The zero-order valence-corrected chi connectivity index (χ0v) is 19.2. The van der Waals surface area contributed by atoms with Crippen molar-refractivity contribution in [2.75, 3.05) is 32.6 Å². The first-order chi connectivity index (χ1) is 15.4. The van der Waals surface area contributed by atoms with Gasteiger partial charge >= 0.3 is 0 Å². The molecule has 1 fully saturated rings. The summed E-state index contributed by atoms with van der Waals surface area (Å²) in [7, 11) is -0.750. The van der Waals surface area contributed by atoms with E-state index in [0.717, 1.165) is 25.7 Å². The monoisotopic (exact) mass is 459 g/mol. The molecule has 2 aromatic carbocycles. The Morgan fingerprint density at radius 1 is 1.03 bits per heavy atom. The number of likely N-dealkylation sites (N-methyl/N-ethyl adjacent to an activating group) is 1. The summed E-state index contributed by atoms with van der Waals surface area (Å²) < 4.78 is 33.2. The number of para-hydroxylation sites is 1. The lowest BCUT2D eigenvalue weighted by Crippen LogP contribution is -2.32. The summed E-state index contributed by atoms with van der Waals surface area (Å²) in [6.07, 6.45) is 3.78. The third kappa shape index (κ3) is 5.46. The number of anilines is 1. The fourth-order valence-electron chi connectivity index (χ4n) is 3.70. The van der Waals surface area contributed by atoms with Crippen molar-refractivity contribution in [3.63, 3.8) is 0 Å². The molecule has 8 nitrogen and oxygen atoms in total. The largest absolute Gasteiger partial charge is 0.496 e. The summed E-state index contributed by atoms with van der Waals surface area (Å²) in [5.74, 6) is -0.435. The molecule has 0 unspecified atom stereocenters. The van der Waals surface area contributed by atoms with Gasteiger partial charge in [-0.05, 0) is 42.7 Å². The van der Waals surface area contributed by atoms with E-state index in [1.165, 1.54) is 29.6 Å². The normalized spacial score (nSPS) is 14.9. The minimum Gasteiger partial charge on any atom is -0.496 e. The van der Waals surface area contributed by atoms with Crippen LogP contribution in [0.1, 0.15) is 41.6 Å². The van der Waals surface area contributed by atoms with Gasteiger partial charge in [0, 0.05) is 25.8 Å². The molecular weight excluding hydrogens is 430 g/mol. The molecule has 172 valence electrons. The topological polar surface area (TPSA) is 105 Å². The molecule has 1 aliphatic heterocycles. The van der Waals surface area contributed by atoms with Crippen LogP contribution in [-0.4, -0.2) is 51.8 Å². The number of nitrogens with one attached hydrogen (secondary N) is 2. The minimum atomic E-state index is -3.72. The molecule has 2 aromatic rings. The first-order valence-corrected chi connectivity index (χ1v) is 12.1. The molecule has 2 amide bonds. The minimum absolute atomic E-state index is 0.0593. The van der Waals surface area contributed by atoms with E-state index in [0.29, 0.717) is 24.3 Å². The van der Waals surface area contributed by atoms with E-state index >= 15 is 0 Å². The van der Waals surface area contributed by atoms with E-state index in [4.69, 9.17) is 4.74 Å². The predicted molar refractivity (Wildman–Crippen MR) is 122 cm³/mol. The second-order valence-corrected chi connectivity index (χ2v) is 9.58. The van der Waals surface area contributed by atoms with Gasteiger partial charge in [-0.3, -0.25) is 9.59 Å². The highest BCUT2D eigenvalue weighted by molar-refractivity contribution is 7.89. The Hall–Kier alpha value is -2.91. The Morgan fingerprint density at radius 2 is 1.72 bits per heavy atom. The fraction of sp³-hybridized carbons (Fsp3) is 0.391. The van der Waals surface area contributed by atoms with Crippen LogP contribution in [0.5, 0.6) is 5.75 Å². The van der Waals surface area contributed by atoms with Crippen LogP contribution in [0.4, 0.5) is 5.69 Å². The number of benzene rings is 2. The number of rotatable bonds is 7. The van der Waals surface area contributed by atoms with E-state index in [2.05, 4.69) is 10.6 Å². The van der Waals surface area contributed by atoms with Gasteiger partial charge in [0.15, 0.2) is 0 Å². The Balaban J connectivity index is 1.91. The maximum absolute atomic E-state index is 13.2. The van der Waals surface area contributed by atoms with Crippen LogP contribution in [0.3, 0.4) is 0 Å². The summed E-state index contributed by atoms with van der Waals surface area (Å²) in [6, 6.07) is 11.3. The number of sulfonamides is 1. The molecule has 1 aliphatic rings. The summed E-state index contributed by atoms with van der Waals surface area (Å²) >= 11 is 0. The van der Waals surface area contributed by atoms with Crippen molar-refractivity contribution in [3.05, 3.63) is 53.6 Å². The highest BCUT2D eigenvalue weighted by Gasteiger charge is 2.27. The zero-order chi connectivity index (χ0) is 23.1. The first kappa shape index (κ1) is 23.7. The number of ether oxygens (including phenoxy) is 1. The first-order valence-electron chi connectivity index (χ1n) is 10.6. The van der Waals surface area contributed by atoms with Crippen molar-refractivity contribution in [1.82, 2.24) is 9.62 Å². The average molecular weight is 460 g/mol. The van der Waals surface area contributed by atoms with Gasteiger partial charge < -0.3 is 15.4 Å². The lowest BCUT2D eigenvalue weighted by Gasteiger charge is -2.21. The van der Waals surface area contributed by atoms with Crippen molar-refractivity contribution >= 4 is 27.5 Å². The lowest BCUT2D eigenvalue weighted by atomic mass is 10.1. The van der Waals surface area contributed by atoms with Crippen LogP contribution in [-0.2, 0) is 21.2 Å². The Bertz CT molecular complexity index is 1080. The molecule has 0 atom stereocenters. The van der Waals surface area contributed by atoms with Crippen LogP contribution in [0.2, 0.25) is 0 Å². The summed E-state index contributed by atoms with van der Waals surface area (Å²) in [5, 5.41) is 5.35. The Morgan fingerprint density at radius 3 is 2.38 bits per heavy atom. The third-order valence-electron chi connectivity index (χ3n) is 5.51. The van der Waals surface area contributed by atoms with Gasteiger partial charge in [0.05, 0.1) is 24.0 Å². The lowest BCUT2D eigenvalue weighted by molar-refractivity contribution is -0.119. The van der Waals surface area contributed by atoms with Crippen LogP contribution in [0, 0.1) is 0 Å². The SMILES string of the molecule is CNC(=O)Cc1ccccc1NC(=O)c1cc(S(=O)(=O)N2CCCCCC2)ccc1OC.